The molecule has 2 aliphatic rings. The third-order valence-corrected chi connectivity index (χ3v) is 2.83. The molecule has 1 aliphatic heterocycles. The summed E-state index contributed by atoms with van der Waals surface area (Å²) in [6.07, 6.45) is 3.55. The second kappa shape index (κ2) is 2.50. The van der Waals surface area contributed by atoms with E-state index in [2.05, 4.69) is 6.92 Å². The minimum Gasteiger partial charge on any atom is -0.342 e. The van der Waals surface area contributed by atoms with Crippen molar-refractivity contribution in [2.75, 3.05) is 13.1 Å². The van der Waals surface area contributed by atoms with Gasteiger partial charge in [0.2, 0.25) is 5.91 Å². The fourth-order valence-electron chi connectivity index (χ4n) is 1.79. The summed E-state index contributed by atoms with van der Waals surface area (Å²) in [7, 11) is 0. The fourth-order valence-corrected chi connectivity index (χ4v) is 1.79. The van der Waals surface area contributed by atoms with Crippen LogP contribution < -0.4 is 0 Å². The Morgan fingerprint density at radius 2 is 2.00 bits per heavy atom. The number of hydrogen-bond donors (Lipinski definition) is 0. The van der Waals surface area contributed by atoms with Crippen molar-refractivity contribution in [3.05, 3.63) is 0 Å². The minimum atomic E-state index is 0.405. The highest BCUT2D eigenvalue weighted by atomic mass is 16.2. The lowest BCUT2D eigenvalue weighted by molar-refractivity contribution is -0.144. The van der Waals surface area contributed by atoms with Crippen molar-refractivity contribution in [1.29, 1.82) is 0 Å². The first-order valence-corrected chi connectivity index (χ1v) is 4.56. The SMILES string of the molecule is CC1CN(C(=O)C2CCC2)C1. The molecule has 1 saturated heterocycles. The molecule has 1 aliphatic carbocycles. The van der Waals surface area contributed by atoms with Gasteiger partial charge >= 0.3 is 0 Å². The highest BCUT2D eigenvalue weighted by molar-refractivity contribution is 5.80. The Morgan fingerprint density at radius 1 is 1.36 bits per heavy atom. The molecule has 0 aromatic heterocycles. The summed E-state index contributed by atoms with van der Waals surface area (Å²) >= 11 is 0. The van der Waals surface area contributed by atoms with Crippen LogP contribution in [-0.4, -0.2) is 23.9 Å². The van der Waals surface area contributed by atoms with Gasteiger partial charge in [0, 0.05) is 19.0 Å². The van der Waals surface area contributed by atoms with E-state index in [0.717, 1.165) is 31.8 Å². The zero-order valence-corrected chi connectivity index (χ0v) is 7.05. The molecule has 2 heteroatoms. The highest BCUT2D eigenvalue weighted by Crippen LogP contribution is 2.30. The van der Waals surface area contributed by atoms with E-state index in [0.29, 0.717) is 11.8 Å². The number of amides is 1. The van der Waals surface area contributed by atoms with Gasteiger partial charge < -0.3 is 4.90 Å². The van der Waals surface area contributed by atoms with Crippen molar-refractivity contribution >= 4 is 5.91 Å². The second-order valence-corrected chi connectivity index (χ2v) is 3.98. The van der Waals surface area contributed by atoms with Gasteiger partial charge in [-0.05, 0) is 18.8 Å². The summed E-state index contributed by atoms with van der Waals surface area (Å²) in [6, 6.07) is 0. The maximum Gasteiger partial charge on any atom is 0.225 e. The molecular weight excluding hydrogens is 138 g/mol. The first-order valence-electron chi connectivity index (χ1n) is 4.56. The van der Waals surface area contributed by atoms with Gasteiger partial charge in [0.1, 0.15) is 0 Å². The van der Waals surface area contributed by atoms with Gasteiger partial charge in [0.15, 0.2) is 0 Å². The van der Waals surface area contributed by atoms with Crippen LogP contribution in [0.25, 0.3) is 0 Å². The van der Waals surface area contributed by atoms with Gasteiger partial charge in [0.05, 0.1) is 0 Å². The topological polar surface area (TPSA) is 20.3 Å². The third-order valence-electron chi connectivity index (χ3n) is 2.83. The van der Waals surface area contributed by atoms with Gasteiger partial charge in [0.25, 0.3) is 0 Å². The molecule has 2 fully saturated rings. The highest BCUT2D eigenvalue weighted by Gasteiger charge is 2.34. The second-order valence-electron chi connectivity index (χ2n) is 3.98. The molecule has 0 N–H and O–H groups in total. The molecule has 11 heavy (non-hydrogen) atoms. The van der Waals surface area contributed by atoms with E-state index in [1.165, 1.54) is 6.42 Å². The molecule has 0 aromatic rings. The summed E-state index contributed by atoms with van der Waals surface area (Å²) in [5.41, 5.74) is 0. The van der Waals surface area contributed by atoms with Crippen LogP contribution in [0.4, 0.5) is 0 Å². The zero-order chi connectivity index (χ0) is 7.84. The summed E-state index contributed by atoms with van der Waals surface area (Å²) in [4.78, 5) is 13.5. The Labute approximate surface area is 67.6 Å². The van der Waals surface area contributed by atoms with Crippen molar-refractivity contribution in [2.24, 2.45) is 11.8 Å². The lowest BCUT2D eigenvalue weighted by atomic mass is 9.83. The summed E-state index contributed by atoms with van der Waals surface area (Å²) < 4.78 is 0. The molecule has 0 radical (unpaired) electrons. The van der Waals surface area contributed by atoms with Gasteiger partial charge in [-0.3, -0.25) is 4.79 Å². The van der Waals surface area contributed by atoms with Crippen LogP contribution in [0.2, 0.25) is 0 Å². The fraction of sp³-hybridized carbons (Fsp3) is 0.889. The van der Waals surface area contributed by atoms with Gasteiger partial charge in [-0.25, -0.2) is 0 Å². The molecule has 62 valence electrons. The smallest absolute Gasteiger partial charge is 0.225 e. The molecule has 0 atom stereocenters. The van der Waals surface area contributed by atoms with E-state index in [1.807, 2.05) is 4.90 Å². The number of nitrogens with zero attached hydrogens (tertiary/aromatic N) is 1. The predicted molar refractivity (Wildman–Crippen MR) is 43.1 cm³/mol. The Hall–Kier alpha value is -0.530. The molecule has 1 amide bonds. The van der Waals surface area contributed by atoms with Crippen LogP contribution in [0.1, 0.15) is 26.2 Å². The Bertz CT molecular complexity index is 168. The van der Waals surface area contributed by atoms with Crippen LogP contribution in [-0.2, 0) is 4.79 Å². The van der Waals surface area contributed by atoms with E-state index < -0.39 is 0 Å². The molecule has 2 rings (SSSR count). The lowest BCUT2D eigenvalue weighted by Gasteiger charge is -2.41. The van der Waals surface area contributed by atoms with Crippen LogP contribution in [0.5, 0.6) is 0 Å². The van der Waals surface area contributed by atoms with Crippen molar-refractivity contribution in [3.8, 4) is 0 Å². The third kappa shape index (κ3) is 1.15. The van der Waals surface area contributed by atoms with Crippen molar-refractivity contribution in [1.82, 2.24) is 4.90 Å². The van der Waals surface area contributed by atoms with E-state index in [-0.39, 0.29) is 0 Å². The first kappa shape index (κ1) is 7.14. The Balaban J connectivity index is 1.81. The summed E-state index contributed by atoms with van der Waals surface area (Å²) in [5.74, 6) is 1.58. The predicted octanol–water partition coefficient (Wildman–Crippen LogP) is 1.26. The standard InChI is InChI=1S/C9H15NO/c1-7-5-10(6-7)9(11)8-3-2-4-8/h7-8H,2-6H2,1H3. The minimum absolute atomic E-state index is 0.405. The van der Waals surface area contributed by atoms with Crippen molar-refractivity contribution < 1.29 is 4.79 Å². The summed E-state index contributed by atoms with van der Waals surface area (Å²) in [6.45, 7) is 4.22. The van der Waals surface area contributed by atoms with E-state index >= 15 is 0 Å². The normalized spacial score (nSPS) is 26.1. The molecule has 2 nitrogen and oxygen atoms in total. The van der Waals surface area contributed by atoms with Crippen LogP contribution >= 0.6 is 0 Å². The molecule has 0 unspecified atom stereocenters. The zero-order valence-electron chi connectivity index (χ0n) is 7.05. The quantitative estimate of drug-likeness (QED) is 0.555. The first-order chi connectivity index (χ1) is 5.27. The average molecular weight is 153 g/mol. The van der Waals surface area contributed by atoms with Crippen LogP contribution in [0.15, 0.2) is 0 Å². The van der Waals surface area contributed by atoms with Crippen LogP contribution in [0, 0.1) is 11.8 Å². The molecule has 0 aromatic carbocycles. The molecular formula is C9H15NO. The van der Waals surface area contributed by atoms with E-state index in [4.69, 9.17) is 0 Å². The molecule has 0 bridgehead atoms. The van der Waals surface area contributed by atoms with E-state index in [1.54, 1.807) is 0 Å². The van der Waals surface area contributed by atoms with Gasteiger partial charge in [-0.15, -0.1) is 0 Å². The van der Waals surface area contributed by atoms with Crippen LogP contribution in [0.3, 0.4) is 0 Å². The Kier molecular flexibility index (Phi) is 1.63. The maximum absolute atomic E-state index is 11.5. The number of carbonyl (C=O) groups excluding carboxylic acids is 1. The number of likely N-dealkylation sites (tertiary alicyclic amines) is 1. The lowest BCUT2D eigenvalue weighted by Crippen LogP contribution is -2.51. The van der Waals surface area contributed by atoms with E-state index in [9.17, 15) is 4.79 Å². The number of carbonyl (C=O) groups is 1. The largest absolute Gasteiger partial charge is 0.342 e. The van der Waals surface area contributed by atoms with Crippen molar-refractivity contribution in [2.45, 2.75) is 26.2 Å². The average Bonchev–Trinajstić information content (AvgIpc) is 1.76. The van der Waals surface area contributed by atoms with Crippen molar-refractivity contribution in [3.63, 3.8) is 0 Å². The summed E-state index contributed by atoms with van der Waals surface area (Å²) in [5, 5.41) is 0. The number of hydrogen-bond acceptors (Lipinski definition) is 1. The monoisotopic (exact) mass is 153 g/mol. The molecule has 1 heterocycles. The van der Waals surface area contributed by atoms with Gasteiger partial charge in [-0.2, -0.15) is 0 Å². The maximum atomic E-state index is 11.5. The molecule has 1 saturated carbocycles. The number of rotatable bonds is 1. The Morgan fingerprint density at radius 3 is 2.36 bits per heavy atom. The molecule has 0 spiro atoms. The van der Waals surface area contributed by atoms with Gasteiger partial charge in [-0.1, -0.05) is 13.3 Å².